The van der Waals surface area contributed by atoms with Crippen molar-refractivity contribution in [2.75, 3.05) is 6.54 Å². The number of hydrazine groups is 1. The van der Waals surface area contributed by atoms with Crippen LogP contribution in [0.4, 0.5) is 0 Å². The molecule has 212 valence electrons. The summed E-state index contributed by atoms with van der Waals surface area (Å²) in [5.41, 5.74) is -0.606. The lowest BCUT2D eigenvalue weighted by Gasteiger charge is -2.29. The number of imide groups is 1. The normalized spacial score (nSPS) is 12.4. The van der Waals surface area contributed by atoms with Crippen LogP contribution in [0.25, 0.3) is 0 Å². The Kier molecular flexibility index (Phi) is 8.61. The van der Waals surface area contributed by atoms with Crippen LogP contribution in [0.5, 0.6) is 5.75 Å². The average molecular weight is 683 g/mol. The van der Waals surface area contributed by atoms with Crippen molar-refractivity contribution in [3.8, 4) is 5.75 Å². The SMILES string of the molecule is O=C(CN(C(=O)c1ccc(Cl)cc1)N1C(=O)c2c(Cl)c(Cl)c(Cl)c(Cl)c2C1=O)c1ccc(OC(=O)c2cccs2)cc1. The van der Waals surface area contributed by atoms with Gasteiger partial charge >= 0.3 is 5.97 Å². The maximum atomic E-state index is 13.7. The van der Waals surface area contributed by atoms with E-state index in [2.05, 4.69) is 0 Å². The summed E-state index contributed by atoms with van der Waals surface area (Å²) in [6.45, 7) is -0.752. The summed E-state index contributed by atoms with van der Waals surface area (Å²) in [7, 11) is 0. The van der Waals surface area contributed by atoms with E-state index in [4.69, 9.17) is 62.7 Å². The van der Waals surface area contributed by atoms with E-state index in [0.717, 1.165) is 0 Å². The molecule has 0 bridgehead atoms. The van der Waals surface area contributed by atoms with Gasteiger partial charge in [-0.05, 0) is 60.0 Å². The lowest BCUT2D eigenvalue weighted by Crippen LogP contribution is -2.51. The number of benzene rings is 3. The molecule has 5 rings (SSSR count). The van der Waals surface area contributed by atoms with Crippen LogP contribution in [0, 0.1) is 0 Å². The number of thiophene rings is 1. The van der Waals surface area contributed by atoms with Crippen molar-refractivity contribution >= 4 is 98.8 Å². The number of amides is 3. The number of carbonyl (C=O) groups excluding carboxylic acids is 5. The minimum atomic E-state index is -1.04. The van der Waals surface area contributed by atoms with E-state index in [0.29, 0.717) is 19.9 Å². The molecule has 14 heteroatoms. The van der Waals surface area contributed by atoms with Crippen LogP contribution in [-0.2, 0) is 0 Å². The van der Waals surface area contributed by atoms with E-state index in [1.165, 1.54) is 59.9 Å². The Hall–Kier alpha value is -3.44. The monoisotopic (exact) mass is 680 g/mol. The molecule has 0 spiro atoms. The topological polar surface area (TPSA) is 101 Å². The molecule has 1 aromatic heterocycles. The lowest BCUT2D eigenvalue weighted by atomic mass is 10.1. The van der Waals surface area contributed by atoms with Gasteiger partial charge in [-0.2, -0.15) is 5.01 Å². The molecule has 8 nitrogen and oxygen atoms in total. The Morgan fingerprint density at radius 3 is 1.81 bits per heavy atom. The third-order valence-electron chi connectivity index (χ3n) is 6.05. The number of ether oxygens (including phenoxy) is 1. The van der Waals surface area contributed by atoms with Crippen molar-refractivity contribution in [3.05, 3.63) is 118 Å². The molecule has 0 fully saturated rings. The van der Waals surface area contributed by atoms with Gasteiger partial charge in [0.25, 0.3) is 17.7 Å². The molecule has 0 saturated carbocycles. The molecule has 0 N–H and O–H groups in total. The van der Waals surface area contributed by atoms with Gasteiger partial charge in [0.15, 0.2) is 5.78 Å². The zero-order chi connectivity index (χ0) is 30.3. The smallest absolute Gasteiger partial charge is 0.353 e. The van der Waals surface area contributed by atoms with E-state index in [9.17, 15) is 24.0 Å². The maximum absolute atomic E-state index is 13.7. The molecule has 0 radical (unpaired) electrons. The Labute approximate surface area is 266 Å². The molecule has 3 amide bonds. The summed E-state index contributed by atoms with van der Waals surface area (Å²) in [4.78, 5) is 66.7. The number of hydrogen-bond donors (Lipinski definition) is 0. The van der Waals surface area contributed by atoms with Crippen molar-refractivity contribution in [3.63, 3.8) is 0 Å². The molecule has 0 saturated heterocycles. The van der Waals surface area contributed by atoms with E-state index in [-0.39, 0.29) is 48.1 Å². The van der Waals surface area contributed by atoms with Crippen molar-refractivity contribution in [1.29, 1.82) is 0 Å². The summed E-state index contributed by atoms with van der Waals surface area (Å²) in [6, 6.07) is 14.5. The molecule has 3 aromatic carbocycles. The molecule has 42 heavy (non-hydrogen) atoms. The first-order chi connectivity index (χ1) is 20.0. The second kappa shape index (κ2) is 12.0. The Bertz CT molecular complexity index is 1730. The van der Waals surface area contributed by atoms with Crippen LogP contribution < -0.4 is 4.74 Å². The highest BCUT2D eigenvalue weighted by atomic mass is 35.5. The first-order valence-corrected chi connectivity index (χ1v) is 14.5. The standard InChI is InChI=1S/C28H13Cl5N2O6S/c29-15-7-3-14(4-8-15)25(37)34(35-26(38)19-20(27(35)39)22(31)24(33)23(32)21(19)30)12-17(36)13-5-9-16(10-6-13)41-28(40)18-2-1-11-42-18/h1-11H,12H2. The molecular formula is C28H13Cl5N2O6S. The maximum Gasteiger partial charge on any atom is 0.353 e. The molecule has 1 aliphatic heterocycles. The molecule has 2 heterocycles. The highest BCUT2D eigenvalue weighted by Crippen LogP contribution is 2.45. The fraction of sp³-hybridized carbons (Fsp3) is 0.0357. The Morgan fingerprint density at radius 1 is 0.738 bits per heavy atom. The number of fused-ring (bicyclic) bond motifs is 1. The highest BCUT2D eigenvalue weighted by Gasteiger charge is 2.46. The molecule has 1 aliphatic rings. The van der Waals surface area contributed by atoms with Crippen LogP contribution in [0.1, 0.15) is 51.1 Å². The molecule has 0 aliphatic carbocycles. The van der Waals surface area contributed by atoms with Crippen LogP contribution >= 0.6 is 69.3 Å². The van der Waals surface area contributed by atoms with Crippen LogP contribution in [0.15, 0.2) is 66.0 Å². The van der Waals surface area contributed by atoms with Gasteiger partial charge in [0.2, 0.25) is 0 Å². The van der Waals surface area contributed by atoms with Gasteiger partial charge in [-0.15, -0.1) is 11.3 Å². The molecular weight excluding hydrogens is 670 g/mol. The van der Waals surface area contributed by atoms with Crippen molar-refractivity contribution < 1.29 is 28.7 Å². The zero-order valence-electron chi connectivity index (χ0n) is 20.7. The fourth-order valence-corrected chi connectivity index (χ4v) is 5.76. The number of nitrogens with zero attached hydrogens (tertiary/aromatic N) is 2. The van der Waals surface area contributed by atoms with Gasteiger partial charge in [0.1, 0.15) is 17.2 Å². The lowest BCUT2D eigenvalue weighted by molar-refractivity contribution is 0.00532. The summed E-state index contributed by atoms with van der Waals surface area (Å²) in [6.07, 6.45) is 0. The summed E-state index contributed by atoms with van der Waals surface area (Å²) in [5.74, 6) is -3.99. The zero-order valence-corrected chi connectivity index (χ0v) is 25.3. The molecule has 0 atom stereocenters. The predicted octanol–water partition coefficient (Wildman–Crippen LogP) is 7.77. The minimum absolute atomic E-state index is 0.0212. The number of halogens is 5. The number of Topliss-reactive ketones (excluding diaryl/α,β-unsaturated/α-hetero) is 1. The van der Waals surface area contributed by atoms with Crippen LogP contribution in [-0.4, -0.2) is 46.0 Å². The number of hydrogen-bond acceptors (Lipinski definition) is 7. The van der Waals surface area contributed by atoms with E-state index >= 15 is 0 Å². The number of carbonyl (C=O) groups is 5. The van der Waals surface area contributed by atoms with Gasteiger partial charge in [0, 0.05) is 16.1 Å². The Balaban J connectivity index is 1.47. The van der Waals surface area contributed by atoms with Gasteiger partial charge in [-0.25, -0.2) is 9.80 Å². The average Bonchev–Trinajstić information content (AvgIpc) is 3.61. The van der Waals surface area contributed by atoms with Gasteiger partial charge in [-0.1, -0.05) is 64.1 Å². The van der Waals surface area contributed by atoms with Crippen LogP contribution in [0.3, 0.4) is 0 Å². The quantitative estimate of drug-likeness (QED) is 0.0493. The predicted molar refractivity (Wildman–Crippen MR) is 160 cm³/mol. The van der Waals surface area contributed by atoms with Crippen molar-refractivity contribution in [1.82, 2.24) is 10.0 Å². The third kappa shape index (κ3) is 5.51. The van der Waals surface area contributed by atoms with Gasteiger partial charge in [0.05, 0.1) is 31.2 Å². The van der Waals surface area contributed by atoms with Gasteiger partial charge < -0.3 is 4.74 Å². The molecule has 4 aromatic rings. The van der Waals surface area contributed by atoms with E-state index in [1.54, 1.807) is 17.5 Å². The number of ketones is 1. The number of rotatable bonds is 7. The highest BCUT2D eigenvalue weighted by molar-refractivity contribution is 7.12. The van der Waals surface area contributed by atoms with Crippen molar-refractivity contribution in [2.24, 2.45) is 0 Å². The first-order valence-electron chi connectivity index (χ1n) is 11.7. The second-order valence-electron chi connectivity index (χ2n) is 8.61. The van der Waals surface area contributed by atoms with Crippen LogP contribution in [0.2, 0.25) is 25.1 Å². The summed E-state index contributed by atoms with van der Waals surface area (Å²) in [5, 5.41) is 2.04. The summed E-state index contributed by atoms with van der Waals surface area (Å²) >= 11 is 31.9. The third-order valence-corrected chi connectivity index (χ3v) is 8.95. The van der Waals surface area contributed by atoms with E-state index in [1.807, 2.05) is 0 Å². The fourth-order valence-electron chi connectivity index (χ4n) is 4.02. The second-order valence-corrected chi connectivity index (χ2v) is 11.5. The minimum Gasteiger partial charge on any atom is -0.422 e. The summed E-state index contributed by atoms with van der Waals surface area (Å²) < 4.78 is 5.31. The first kappa shape index (κ1) is 30.0. The van der Waals surface area contributed by atoms with Crippen molar-refractivity contribution in [2.45, 2.75) is 0 Å². The van der Waals surface area contributed by atoms with Gasteiger partial charge in [-0.3, -0.25) is 19.2 Å². The largest absolute Gasteiger partial charge is 0.422 e. The Morgan fingerprint density at radius 2 is 1.29 bits per heavy atom. The number of esters is 1. The van der Waals surface area contributed by atoms with E-state index < -0.39 is 36.0 Å². The molecule has 0 unspecified atom stereocenters.